The number of alkyl halides is 2. The van der Waals surface area contributed by atoms with Crippen molar-refractivity contribution in [2.45, 2.75) is 57.9 Å². The van der Waals surface area contributed by atoms with Gasteiger partial charge in [-0.1, -0.05) is 6.08 Å². The molecule has 3 aliphatic heterocycles. The molecule has 1 aromatic heterocycles. The number of ether oxygens (including phenoxy) is 1. The Morgan fingerprint density at radius 2 is 2.00 bits per heavy atom. The summed E-state index contributed by atoms with van der Waals surface area (Å²) in [6, 6.07) is 4.15. The summed E-state index contributed by atoms with van der Waals surface area (Å²) in [5, 5.41) is 13.2. The van der Waals surface area contributed by atoms with Crippen LogP contribution in [-0.4, -0.2) is 53.2 Å². The van der Waals surface area contributed by atoms with Gasteiger partial charge in [0.2, 0.25) is 0 Å². The lowest BCUT2D eigenvalue weighted by molar-refractivity contribution is -0.275. The molecule has 0 aliphatic carbocycles. The molecular weight excluding hydrogens is 394 g/mol. The van der Waals surface area contributed by atoms with Crippen LogP contribution in [0.1, 0.15) is 39.7 Å². The predicted molar refractivity (Wildman–Crippen MR) is 111 cm³/mol. The van der Waals surface area contributed by atoms with Crippen molar-refractivity contribution in [2.24, 2.45) is 4.99 Å². The fourth-order valence-electron chi connectivity index (χ4n) is 3.76. The summed E-state index contributed by atoms with van der Waals surface area (Å²) in [4.78, 5) is 10.9. The first-order valence-electron chi connectivity index (χ1n) is 10.0. The molecule has 162 valence electrons. The Morgan fingerprint density at radius 1 is 1.33 bits per heavy atom. The highest BCUT2D eigenvalue weighted by Crippen LogP contribution is 2.40. The summed E-state index contributed by atoms with van der Waals surface area (Å²) in [7, 11) is 0. The number of aliphatic hydroxyl groups is 1. The molecular formula is C21H26F2N4O3. The van der Waals surface area contributed by atoms with Crippen LogP contribution in [0.25, 0.3) is 16.8 Å². The number of hydrogen-bond donors (Lipinski definition) is 2. The van der Waals surface area contributed by atoms with Gasteiger partial charge in [0.15, 0.2) is 22.5 Å². The number of aromatic nitrogens is 1. The quantitative estimate of drug-likeness (QED) is 0.696. The molecule has 2 bridgehead atoms. The normalized spacial score (nSPS) is 22.6. The molecule has 3 fully saturated rings. The average Bonchev–Trinajstić information content (AvgIpc) is 3.11. The van der Waals surface area contributed by atoms with E-state index in [2.05, 4.69) is 15.3 Å². The van der Waals surface area contributed by atoms with E-state index >= 15 is 0 Å². The molecule has 9 heteroatoms. The molecule has 7 nitrogen and oxygen atoms in total. The highest BCUT2D eigenvalue weighted by atomic mass is 19.3. The number of benzene rings is 1. The SMILES string of the molecule is CC=N/C(=C\C)c1ccc(OC(F)(F)C(C)(C)O)c2nc(N3CC4CC(C3)N4)oc12. The molecule has 2 unspecified atom stereocenters. The van der Waals surface area contributed by atoms with Gasteiger partial charge in [0.05, 0.1) is 5.70 Å². The summed E-state index contributed by atoms with van der Waals surface area (Å²) < 4.78 is 39.9. The maximum atomic E-state index is 14.4. The molecule has 5 rings (SSSR count). The third kappa shape index (κ3) is 3.56. The zero-order valence-corrected chi connectivity index (χ0v) is 17.4. The average molecular weight is 420 g/mol. The standard InChI is InChI=1S/C21H26F2N4O3/c1-5-15(24-6-2)14-7-8-16(30-21(22,23)20(3,4)28)17-18(14)29-19(26-17)27-10-12-9-13(11-27)25-12/h5-8,12-13,25,28H,9-11H2,1-4H3/b15-5-,24-6?. The Morgan fingerprint density at radius 3 is 2.57 bits per heavy atom. The molecule has 0 saturated carbocycles. The molecule has 0 radical (unpaired) electrons. The minimum atomic E-state index is -3.82. The molecule has 2 N–H and O–H groups in total. The van der Waals surface area contributed by atoms with E-state index < -0.39 is 11.7 Å². The Bertz CT molecular complexity index is 994. The summed E-state index contributed by atoms with van der Waals surface area (Å²) in [6.07, 6.45) is 0.752. The number of fused-ring (bicyclic) bond motifs is 3. The third-order valence-corrected chi connectivity index (χ3v) is 5.46. The molecule has 0 amide bonds. The van der Waals surface area contributed by atoms with E-state index in [0.717, 1.165) is 33.4 Å². The molecule has 30 heavy (non-hydrogen) atoms. The molecule has 4 heterocycles. The summed E-state index contributed by atoms with van der Waals surface area (Å²) in [6.45, 7) is 7.08. The van der Waals surface area contributed by atoms with Gasteiger partial charge in [0.1, 0.15) is 0 Å². The predicted octanol–water partition coefficient (Wildman–Crippen LogP) is 3.57. The van der Waals surface area contributed by atoms with Gasteiger partial charge in [-0.25, -0.2) is 0 Å². The van der Waals surface area contributed by atoms with E-state index in [1.807, 2.05) is 17.9 Å². The number of nitrogens with zero attached hydrogens (tertiary/aromatic N) is 3. The minimum absolute atomic E-state index is 0.160. The number of oxazole rings is 1. The van der Waals surface area contributed by atoms with Crippen molar-refractivity contribution in [3.8, 4) is 5.75 Å². The first kappa shape index (κ1) is 20.7. The summed E-state index contributed by atoms with van der Waals surface area (Å²) >= 11 is 0. The van der Waals surface area contributed by atoms with E-state index in [1.54, 1.807) is 19.2 Å². The van der Waals surface area contributed by atoms with Crippen molar-refractivity contribution < 1.29 is 23.0 Å². The lowest BCUT2D eigenvalue weighted by Gasteiger charge is -2.47. The van der Waals surface area contributed by atoms with Gasteiger partial charge in [-0.15, -0.1) is 0 Å². The van der Waals surface area contributed by atoms with Crippen LogP contribution in [0.5, 0.6) is 5.75 Å². The Kier molecular flexibility index (Phi) is 5.06. The van der Waals surface area contributed by atoms with Crippen molar-refractivity contribution >= 4 is 29.0 Å². The van der Waals surface area contributed by atoms with Crippen LogP contribution in [0.3, 0.4) is 0 Å². The number of aliphatic imine (C=N–C) groups is 1. The first-order chi connectivity index (χ1) is 14.1. The molecule has 2 aromatic rings. The minimum Gasteiger partial charge on any atom is -0.428 e. The fraction of sp³-hybridized carbons (Fsp3) is 0.524. The topological polar surface area (TPSA) is 83.1 Å². The summed E-state index contributed by atoms with van der Waals surface area (Å²) in [5.74, 6) is -0.160. The molecule has 3 aliphatic rings. The van der Waals surface area contributed by atoms with Crippen LogP contribution >= 0.6 is 0 Å². The number of halogens is 2. The first-order valence-corrected chi connectivity index (χ1v) is 10.0. The van der Waals surface area contributed by atoms with Crippen LogP contribution in [0.2, 0.25) is 0 Å². The van der Waals surface area contributed by atoms with Crippen molar-refractivity contribution in [3.05, 3.63) is 23.8 Å². The number of allylic oxidation sites excluding steroid dienone is 1. The zero-order valence-electron chi connectivity index (χ0n) is 17.4. The molecule has 0 spiro atoms. The Balaban J connectivity index is 1.81. The Hall–Kier alpha value is -2.52. The van der Waals surface area contributed by atoms with Crippen molar-refractivity contribution in [3.63, 3.8) is 0 Å². The zero-order chi connectivity index (χ0) is 21.7. The summed E-state index contributed by atoms with van der Waals surface area (Å²) in [5.41, 5.74) is -0.618. The van der Waals surface area contributed by atoms with Crippen molar-refractivity contribution in [2.75, 3.05) is 18.0 Å². The second kappa shape index (κ2) is 7.31. The molecule has 3 saturated heterocycles. The van der Waals surface area contributed by atoms with Gasteiger partial charge in [-0.2, -0.15) is 13.8 Å². The van der Waals surface area contributed by atoms with Crippen LogP contribution in [0.15, 0.2) is 27.6 Å². The molecule has 2 atom stereocenters. The van der Waals surface area contributed by atoms with Gasteiger partial charge >= 0.3 is 6.11 Å². The van der Waals surface area contributed by atoms with Gasteiger partial charge in [0.25, 0.3) is 6.01 Å². The smallest absolute Gasteiger partial charge is 0.426 e. The largest absolute Gasteiger partial charge is 0.428 e. The van der Waals surface area contributed by atoms with E-state index in [9.17, 15) is 13.9 Å². The van der Waals surface area contributed by atoms with E-state index in [4.69, 9.17) is 9.15 Å². The number of rotatable bonds is 6. The van der Waals surface area contributed by atoms with E-state index in [0.29, 0.717) is 34.9 Å². The van der Waals surface area contributed by atoms with E-state index in [1.165, 1.54) is 6.07 Å². The van der Waals surface area contributed by atoms with Gasteiger partial charge in [0, 0.05) is 37.0 Å². The Labute approximate surface area is 173 Å². The second-order valence-electron chi connectivity index (χ2n) is 8.23. The number of piperazine rings is 1. The third-order valence-electron chi connectivity index (χ3n) is 5.46. The maximum absolute atomic E-state index is 14.4. The number of nitrogens with one attached hydrogen (secondary N) is 1. The van der Waals surface area contributed by atoms with Crippen LogP contribution < -0.4 is 15.0 Å². The monoisotopic (exact) mass is 420 g/mol. The molecule has 1 aromatic carbocycles. The lowest BCUT2D eigenvalue weighted by Crippen LogP contribution is -2.67. The lowest BCUT2D eigenvalue weighted by atomic mass is 9.92. The highest BCUT2D eigenvalue weighted by Gasteiger charge is 2.49. The van der Waals surface area contributed by atoms with Crippen molar-refractivity contribution in [1.29, 1.82) is 0 Å². The second-order valence-corrected chi connectivity index (χ2v) is 8.23. The number of hydrogen-bond acceptors (Lipinski definition) is 7. The van der Waals surface area contributed by atoms with Crippen molar-refractivity contribution in [1.82, 2.24) is 10.3 Å². The van der Waals surface area contributed by atoms with Crippen LogP contribution in [0.4, 0.5) is 14.8 Å². The van der Waals surface area contributed by atoms with Gasteiger partial charge in [-0.05, 0) is 46.2 Å². The fourth-order valence-corrected chi connectivity index (χ4v) is 3.76. The maximum Gasteiger partial charge on any atom is 0.426 e. The van der Waals surface area contributed by atoms with Gasteiger partial charge in [-0.3, -0.25) is 4.99 Å². The van der Waals surface area contributed by atoms with Gasteiger partial charge < -0.3 is 24.5 Å². The number of anilines is 1. The van der Waals surface area contributed by atoms with Crippen LogP contribution in [-0.2, 0) is 0 Å². The van der Waals surface area contributed by atoms with Crippen LogP contribution in [0, 0.1) is 0 Å². The number of piperidine rings is 1. The van der Waals surface area contributed by atoms with E-state index in [-0.39, 0.29) is 11.3 Å². The highest BCUT2D eigenvalue weighted by molar-refractivity contribution is 5.93.